The zero-order valence-corrected chi connectivity index (χ0v) is 16.7. The molecule has 3 rings (SSSR count). The number of fused-ring (bicyclic) bond motifs is 1. The molecule has 3 aromatic rings. The third-order valence-corrected chi connectivity index (χ3v) is 5.61. The van der Waals surface area contributed by atoms with E-state index in [0.29, 0.717) is 22.9 Å². The number of hydrogen-bond acceptors (Lipinski definition) is 6. The second-order valence-electron chi connectivity index (χ2n) is 6.62. The highest BCUT2D eigenvalue weighted by atomic mass is 32.1. The third kappa shape index (κ3) is 4.05. The molecule has 6 nitrogen and oxygen atoms in total. The number of aryl methyl sites for hydroxylation is 2. The largest absolute Gasteiger partial charge is 0.396 e. The maximum atomic E-state index is 12.7. The highest BCUT2D eigenvalue weighted by Gasteiger charge is 2.20. The predicted molar refractivity (Wildman–Crippen MR) is 109 cm³/mol. The quantitative estimate of drug-likeness (QED) is 0.652. The minimum absolute atomic E-state index is 0.139. The fourth-order valence-corrected chi connectivity index (χ4v) is 4.25. The van der Waals surface area contributed by atoms with Crippen molar-refractivity contribution in [3.05, 3.63) is 62.5 Å². The topological polar surface area (TPSA) is 78.1 Å². The van der Waals surface area contributed by atoms with E-state index in [0.717, 1.165) is 17.1 Å². The number of aromatic nitrogens is 2. The van der Waals surface area contributed by atoms with Crippen molar-refractivity contribution in [3.63, 3.8) is 0 Å². The number of benzene rings is 1. The zero-order valence-electron chi connectivity index (χ0n) is 15.8. The molecule has 0 saturated carbocycles. The van der Waals surface area contributed by atoms with Crippen molar-refractivity contribution < 1.29 is 10.2 Å². The van der Waals surface area contributed by atoms with Crippen molar-refractivity contribution in [1.82, 2.24) is 9.38 Å². The SMILES string of the molecule is CCN(Cc1cc(=O)n2c(C(O)CCO)c(C)sc2n1)c1ccc(C)cc1. The van der Waals surface area contributed by atoms with Crippen molar-refractivity contribution in [3.8, 4) is 0 Å². The van der Waals surface area contributed by atoms with Crippen LogP contribution in [0.5, 0.6) is 0 Å². The van der Waals surface area contributed by atoms with Crippen LogP contribution >= 0.6 is 11.3 Å². The van der Waals surface area contributed by atoms with Crippen molar-refractivity contribution >= 4 is 22.0 Å². The lowest BCUT2D eigenvalue weighted by Crippen LogP contribution is -2.25. The van der Waals surface area contributed by atoms with E-state index >= 15 is 0 Å². The molecular weight excluding hydrogens is 362 g/mol. The van der Waals surface area contributed by atoms with E-state index in [1.54, 1.807) is 0 Å². The Bertz CT molecular complexity index is 979. The zero-order chi connectivity index (χ0) is 19.6. The second-order valence-corrected chi connectivity index (χ2v) is 7.81. The molecule has 1 aromatic carbocycles. The average Bonchev–Trinajstić information content (AvgIpc) is 2.97. The Morgan fingerprint density at radius 2 is 1.96 bits per heavy atom. The molecule has 0 saturated heterocycles. The molecule has 0 aliphatic heterocycles. The Morgan fingerprint density at radius 3 is 2.59 bits per heavy atom. The lowest BCUT2D eigenvalue weighted by Gasteiger charge is -2.22. The number of aliphatic hydroxyl groups is 2. The van der Waals surface area contributed by atoms with E-state index in [9.17, 15) is 9.90 Å². The van der Waals surface area contributed by atoms with Gasteiger partial charge in [0.1, 0.15) is 0 Å². The van der Waals surface area contributed by atoms with Gasteiger partial charge in [0, 0.05) is 36.2 Å². The van der Waals surface area contributed by atoms with Crippen LogP contribution in [0.4, 0.5) is 5.69 Å². The van der Waals surface area contributed by atoms with Crippen LogP contribution < -0.4 is 10.5 Å². The summed E-state index contributed by atoms with van der Waals surface area (Å²) < 4.78 is 1.46. The Kier molecular flexibility index (Phi) is 5.94. The monoisotopic (exact) mass is 387 g/mol. The molecule has 1 unspecified atom stereocenters. The molecule has 0 amide bonds. The van der Waals surface area contributed by atoms with Crippen molar-refractivity contribution in [1.29, 1.82) is 0 Å². The number of hydrogen-bond donors (Lipinski definition) is 2. The van der Waals surface area contributed by atoms with E-state index in [1.807, 2.05) is 6.92 Å². The number of anilines is 1. The first-order chi connectivity index (χ1) is 12.9. The summed E-state index contributed by atoms with van der Waals surface area (Å²) in [7, 11) is 0. The number of aliphatic hydroxyl groups excluding tert-OH is 2. The van der Waals surface area contributed by atoms with Crippen molar-refractivity contribution in [2.45, 2.75) is 39.8 Å². The van der Waals surface area contributed by atoms with Crippen LogP contribution in [-0.4, -0.2) is 32.7 Å². The first-order valence-electron chi connectivity index (χ1n) is 9.07. The average molecular weight is 388 g/mol. The molecule has 2 aromatic heterocycles. The van der Waals surface area contributed by atoms with Gasteiger partial charge in [-0.1, -0.05) is 17.7 Å². The summed E-state index contributed by atoms with van der Waals surface area (Å²) in [6.45, 7) is 7.19. The number of nitrogens with zero attached hydrogens (tertiary/aromatic N) is 3. The van der Waals surface area contributed by atoms with E-state index in [-0.39, 0.29) is 18.6 Å². The molecule has 27 heavy (non-hydrogen) atoms. The van der Waals surface area contributed by atoms with Gasteiger partial charge in [-0.2, -0.15) is 0 Å². The Labute approximate surface area is 162 Å². The molecule has 144 valence electrons. The van der Waals surface area contributed by atoms with Crippen LogP contribution in [-0.2, 0) is 6.54 Å². The summed E-state index contributed by atoms with van der Waals surface area (Å²) in [4.78, 5) is 21.0. The summed E-state index contributed by atoms with van der Waals surface area (Å²) in [5.74, 6) is 0. The van der Waals surface area contributed by atoms with Crippen LogP contribution in [0, 0.1) is 13.8 Å². The molecule has 0 aliphatic carbocycles. The number of thiazole rings is 1. The minimum atomic E-state index is -0.881. The molecule has 0 radical (unpaired) electrons. The normalized spacial score (nSPS) is 12.5. The fourth-order valence-electron chi connectivity index (χ4n) is 3.20. The fraction of sp³-hybridized carbons (Fsp3) is 0.400. The molecule has 0 fully saturated rings. The molecule has 1 atom stereocenters. The van der Waals surface area contributed by atoms with Gasteiger partial charge in [-0.3, -0.25) is 9.20 Å². The van der Waals surface area contributed by atoms with Gasteiger partial charge < -0.3 is 15.1 Å². The Balaban J connectivity index is 1.96. The smallest absolute Gasteiger partial charge is 0.259 e. The summed E-state index contributed by atoms with van der Waals surface area (Å²) in [5.41, 5.74) is 3.32. The second kappa shape index (κ2) is 8.21. The third-order valence-electron chi connectivity index (χ3n) is 4.64. The molecule has 2 N–H and O–H groups in total. The summed E-state index contributed by atoms with van der Waals surface area (Å²) in [5, 5.41) is 19.4. The highest BCUT2D eigenvalue weighted by Crippen LogP contribution is 2.27. The maximum absolute atomic E-state index is 12.7. The van der Waals surface area contributed by atoms with Gasteiger partial charge in [-0.05, 0) is 32.9 Å². The van der Waals surface area contributed by atoms with E-state index in [2.05, 4.69) is 48.0 Å². The van der Waals surface area contributed by atoms with Crippen molar-refractivity contribution in [2.75, 3.05) is 18.1 Å². The molecule has 7 heteroatoms. The Hall–Kier alpha value is -2.22. The van der Waals surface area contributed by atoms with Gasteiger partial charge in [0.05, 0.1) is 24.0 Å². The predicted octanol–water partition coefficient (Wildman–Crippen LogP) is 2.82. The van der Waals surface area contributed by atoms with Crippen LogP contribution in [0.1, 0.15) is 41.3 Å². The van der Waals surface area contributed by atoms with Crippen LogP contribution in [0.15, 0.2) is 35.1 Å². The van der Waals surface area contributed by atoms with Gasteiger partial charge in [-0.15, -0.1) is 11.3 Å². The van der Waals surface area contributed by atoms with Crippen molar-refractivity contribution in [2.24, 2.45) is 0 Å². The highest BCUT2D eigenvalue weighted by molar-refractivity contribution is 7.17. The summed E-state index contributed by atoms with van der Waals surface area (Å²) in [6, 6.07) is 9.82. The van der Waals surface area contributed by atoms with Gasteiger partial charge in [-0.25, -0.2) is 4.98 Å². The summed E-state index contributed by atoms with van der Waals surface area (Å²) in [6.07, 6.45) is -0.688. The first kappa shape index (κ1) is 19.5. The van der Waals surface area contributed by atoms with Crippen LogP contribution in [0.25, 0.3) is 4.96 Å². The van der Waals surface area contributed by atoms with Crippen LogP contribution in [0.3, 0.4) is 0 Å². The maximum Gasteiger partial charge on any atom is 0.259 e. The molecule has 2 heterocycles. The first-order valence-corrected chi connectivity index (χ1v) is 9.88. The number of rotatable bonds is 7. The molecule has 0 bridgehead atoms. The molecule has 0 aliphatic rings. The van der Waals surface area contributed by atoms with Crippen LogP contribution in [0.2, 0.25) is 0 Å². The van der Waals surface area contributed by atoms with Gasteiger partial charge in [0.2, 0.25) is 0 Å². The van der Waals surface area contributed by atoms with E-state index < -0.39 is 6.10 Å². The summed E-state index contributed by atoms with van der Waals surface area (Å²) >= 11 is 1.39. The molecule has 0 spiro atoms. The lowest BCUT2D eigenvalue weighted by atomic mass is 10.2. The Morgan fingerprint density at radius 1 is 1.26 bits per heavy atom. The lowest BCUT2D eigenvalue weighted by molar-refractivity contribution is 0.129. The molecular formula is C20H25N3O3S. The van der Waals surface area contributed by atoms with Gasteiger partial charge >= 0.3 is 0 Å². The standard InChI is InChI=1S/C20H25N3O3S/c1-4-22(16-7-5-13(2)6-8-16)12-15-11-18(26)23-19(17(25)9-10-24)14(3)27-20(23)21-15/h5-8,11,17,24-25H,4,9-10,12H2,1-3H3. The van der Waals surface area contributed by atoms with E-state index in [1.165, 1.54) is 27.4 Å². The van der Waals surface area contributed by atoms with E-state index in [4.69, 9.17) is 5.11 Å². The van der Waals surface area contributed by atoms with Gasteiger partial charge in [0.15, 0.2) is 4.96 Å². The van der Waals surface area contributed by atoms with Gasteiger partial charge in [0.25, 0.3) is 5.56 Å². The minimum Gasteiger partial charge on any atom is -0.396 e.